The zero-order valence-electron chi connectivity index (χ0n) is 15.9. The number of carbonyl (C=O) groups is 2. The second-order valence-corrected chi connectivity index (χ2v) is 7.72. The first kappa shape index (κ1) is 18.9. The fourth-order valence-electron chi connectivity index (χ4n) is 4.22. The summed E-state index contributed by atoms with van der Waals surface area (Å²) in [5.41, 5.74) is 0.825. The van der Waals surface area contributed by atoms with Gasteiger partial charge in [0, 0.05) is 38.3 Å². The molecule has 1 N–H and O–H groups in total. The highest BCUT2D eigenvalue weighted by Gasteiger charge is 2.46. The molecule has 1 heterocycles. The van der Waals surface area contributed by atoms with E-state index in [0.29, 0.717) is 25.1 Å². The van der Waals surface area contributed by atoms with Gasteiger partial charge in [0.2, 0.25) is 5.91 Å². The lowest BCUT2D eigenvalue weighted by molar-refractivity contribution is -0.132. The number of hydrogen-bond donors (Lipinski definition) is 1. The minimum Gasteiger partial charge on any atom is -0.385 e. The third-order valence-electron chi connectivity index (χ3n) is 5.78. The number of fused-ring (bicyclic) bond motifs is 1. The molecular formula is C21H30N2O3. The molecule has 26 heavy (non-hydrogen) atoms. The highest BCUT2D eigenvalue weighted by Crippen LogP contribution is 2.32. The molecule has 1 aromatic rings. The second-order valence-electron chi connectivity index (χ2n) is 7.72. The first-order chi connectivity index (χ1) is 12.6. The van der Waals surface area contributed by atoms with Crippen LogP contribution in [-0.4, -0.2) is 48.6 Å². The van der Waals surface area contributed by atoms with Crippen LogP contribution < -0.4 is 5.32 Å². The van der Waals surface area contributed by atoms with Crippen molar-refractivity contribution in [3.05, 3.63) is 35.4 Å². The molecule has 142 valence electrons. The van der Waals surface area contributed by atoms with E-state index in [1.54, 1.807) is 12.0 Å². The Hall–Kier alpha value is -1.88. The highest BCUT2D eigenvalue weighted by molar-refractivity contribution is 6.02. The maximum absolute atomic E-state index is 13.3. The average molecular weight is 358 g/mol. The summed E-state index contributed by atoms with van der Waals surface area (Å²) in [6.07, 6.45) is 6.93. The van der Waals surface area contributed by atoms with E-state index in [1.165, 1.54) is 19.3 Å². The van der Waals surface area contributed by atoms with E-state index < -0.39 is 5.54 Å². The maximum Gasteiger partial charge on any atom is 0.255 e. The number of methoxy groups -OCH3 is 1. The van der Waals surface area contributed by atoms with Crippen LogP contribution in [0.3, 0.4) is 0 Å². The largest absolute Gasteiger partial charge is 0.385 e. The van der Waals surface area contributed by atoms with Gasteiger partial charge in [-0.3, -0.25) is 9.59 Å². The molecule has 1 aliphatic carbocycles. The molecule has 1 aliphatic heterocycles. The van der Waals surface area contributed by atoms with Crippen LogP contribution in [0, 0.1) is 0 Å². The summed E-state index contributed by atoms with van der Waals surface area (Å²) in [6, 6.07) is 7.88. The van der Waals surface area contributed by atoms with E-state index in [0.717, 1.165) is 24.8 Å². The van der Waals surface area contributed by atoms with Crippen LogP contribution in [0.1, 0.15) is 61.4 Å². The molecule has 0 saturated heterocycles. The van der Waals surface area contributed by atoms with Crippen molar-refractivity contribution in [2.45, 2.75) is 63.5 Å². The van der Waals surface area contributed by atoms with Crippen LogP contribution >= 0.6 is 0 Å². The molecule has 0 aromatic heterocycles. The van der Waals surface area contributed by atoms with E-state index in [4.69, 9.17) is 4.74 Å². The van der Waals surface area contributed by atoms with Gasteiger partial charge in [-0.2, -0.15) is 0 Å². The lowest BCUT2D eigenvalue weighted by atomic mass is 9.82. The fourth-order valence-corrected chi connectivity index (χ4v) is 4.22. The number of ether oxygens (including phenoxy) is 1. The summed E-state index contributed by atoms with van der Waals surface area (Å²) in [7, 11) is 1.66. The van der Waals surface area contributed by atoms with Gasteiger partial charge < -0.3 is 15.0 Å². The van der Waals surface area contributed by atoms with Gasteiger partial charge in [-0.05, 0) is 37.8 Å². The van der Waals surface area contributed by atoms with Gasteiger partial charge in [0.25, 0.3) is 5.91 Å². The first-order valence-corrected chi connectivity index (χ1v) is 9.76. The van der Waals surface area contributed by atoms with Gasteiger partial charge in [-0.15, -0.1) is 0 Å². The lowest BCUT2D eigenvalue weighted by Crippen LogP contribution is -2.63. The predicted molar refractivity (Wildman–Crippen MR) is 101 cm³/mol. The molecule has 2 aliphatic rings. The van der Waals surface area contributed by atoms with Gasteiger partial charge >= 0.3 is 0 Å². The van der Waals surface area contributed by atoms with E-state index in [1.807, 2.05) is 31.2 Å². The zero-order valence-corrected chi connectivity index (χ0v) is 15.9. The smallest absolute Gasteiger partial charge is 0.255 e. The average Bonchev–Trinajstić information content (AvgIpc) is 2.65. The number of rotatable bonds is 6. The SMILES string of the molecule is COCCCN1C(=O)c2ccccc2C[C@]1(C)C(=O)NC1CCCCC1. The summed E-state index contributed by atoms with van der Waals surface area (Å²) in [5, 5.41) is 3.24. The van der Waals surface area contributed by atoms with Crippen molar-refractivity contribution in [2.24, 2.45) is 0 Å². The topological polar surface area (TPSA) is 58.6 Å². The van der Waals surface area contributed by atoms with Crippen LogP contribution in [0.2, 0.25) is 0 Å². The highest BCUT2D eigenvalue weighted by atomic mass is 16.5. The van der Waals surface area contributed by atoms with Crippen molar-refractivity contribution in [3.8, 4) is 0 Å². The van der Waals surface area contributed by atoms with Crippen molar-refractivity contribution in [2.75, 3.05) is 20.3 Å². The van der Waals surface area contributed by atoms with Crippen molar-refractivity contribution < 1.29 is 14.3 Å². The van der Waals surface area contributed by atoms with Gasteiger partial charge in [-0.1, -0.05) is 37.5 Å². The Morgan fingerprint density at radius 3 is 2.73 bits per heavy atom. The molecule has 2 amide bonds. The number of hydrogen-bond acceptors (Lipinski definition) is 3. The van der Waals surface area contributed by atoms with E-state index in [-0.39, 0.29) is 17.9 Å². The molecule has 1 aromatic carbocycles. The fraction of sp³-hybridized carbons (Fsp3) is 0.619. The molecule has 1 fully saturated rings. The predicted octanol–water partition coefficient (Wildman–Crippen LogP) is 2.93. The van der Waals surface area contributed by atoms with E-state index in [9.17, 15) is 9.59 Å². The molecule has 0 bridgehead atoms. The van der Waals surface area contributed by atoms with E-state index >= 15 is 0 Å². The molecule has 1 atom stereocenters. The zero-order chi connectivity index (χ0) is 18.6. The first-order valence-electron chi connectivity index (χ1n) is 9.76. The number of carbonyl (C=O) groups excluding carboxylic acids is 2. The van der Waals surface area contributed by atoms with Crippen molar-refractivity contribution >= 4 is 11.8 Å². The van der Waals surface area contributed by atoms with Crippen LogP contribution in [0.4, 0.5) is 0 Å². The molecule has 0 radical (unpaired) electrons. The van der Waals surface area contributed by atoms with Gasteiger partial charge in [0.05, 0.1) is 0 Å². The molecule has 5 heteroatoms. The Labute approximate surface area is 156 Å². The third-order valence-corrected chi connectivity index (χ3v) is 5.78. The monoisotopic (exact) mass is 358 g/mol. The molecular weight excluding hydrogens is 328 g/mol. The molecule has 0 unspecified atom stereocenters. The minimum atomic E-state index is -0.851. The number of amides is 2. The van der Waals surface area contributed by atoms with Crippen LogP contribution in [0.25, 0.3) is 0 Å². The Balaban J connectivity index is 1.84. The second kappa shape index (κ2) is 8.21. The van der Waals surface area contributed by atoms with Gasteiger partial charge in [-0.25, -0.2) is 0 Å². The summed E-state index contributed by atoms with van der Waals surface area (Å²) < 4.78 is 5.15. The summed E-state index contributed by atoms with van der Waals surface area (Å²) in [4.78, 5) is 28.1. The molecule has 3 rings (SSSR count). The Bertz CT molecular complexity index is 654. The van der Waals surface area contributed by atoms with Gasteiger partial charge in [0.1, 0.15) is 5.54 Å². The number of nitrogens with zero attached hydrogens (tertiary/aromatic N) is 1. The molecule has 0 spiro atoms. The van der Waals surface area contributed by atoms with E-state index in [2.05, 4.69) is 5.32 Å². The Kier molecular flexibility index (Phi) is 5.97. The van der Waals surface area contributed by atoms with Crippen molar-refractivity contribution in [3.63, 3.8) is 0 Å². The van der Waals surface area contributed by atoms with Crippen LogP contribution in [0.15, 0.2) is 24.3 Å². The summed E-state index contributed by atoms with van der Waals surface area (Å²) in [5.74, 6) is -0.0751. The van der Waals surface area contributed by atoms with Gasteiger partial charge in [0.15, 0.2) is 0 Å². The Morgan fingerprint density at radius 2 is 2.00 bits per heavy atom. The minimum absolute atomic E-state index is 0.0235. The lowest BCUT2D eigenvalue weighted by Gasteiger charge is -2.45. The quantitative estimate of drug-likeness (QED) is 0.796. The van der Waals surface area contributed by atoms with Crippen LogP contribution in [0.5, 0.6) is 0 Å². The standard InChI is InChI=1S/C21H30N2O3/c1-21(20(25)22-17-10-4-3-5-11-17)15-16-9-6-7-12-18(16)19(24)23(21)13-8-14-26-2/h6-7,9,12,17H,3-5,8,10-11,13-15H2,1-2H3,(H,22,25)/t21-/m1/s1. The summed E-state index contributed by atoms with van der Waals surface area (Å²) >= 11 is 0. The normalized spacial score (nSPS) is 23.6. The maximum atomic E-state index is 13.3. The number of nitrogens with one attached hydrogen (secondary N) is 1. The number of benzene rings is 1. The van der Waals surface area contributed by atoms with Crippen molar-refractivity contribution in [1.29, 1.82) is 0 Å². The van der Waals surface area contributed by atoms with Crippen LogP contribution in [-0.2, 0) is 16.0 Å². The Morgan fingerprint density at radius 1 is 1.27 bits per heavy atom. The molecule has 1 saturated carbocycles. The summed E-state index contributed by atoms with van der Waals surface area (Å²) in [6.45, 7) is 3.01. The van der Waals surface area contributed by atoms with Crippen molar-refractivity contribution in [1.82, 2.24) is 10.2 Å². The third kappa shape index (κ3) is 3.78. The molecule has 5 nitrogen and oxygen atoms in total.